The maximum absolute atomic E-state index is 13.4. The van der Waals surface area contributed by atoms with Crippen LogP contribution in [0.1, 0.15) is 29.7 Å². The van der Waals surface area contributed by atoms with E-state index in [2.05, 4.69) is 19.8 Å². The molecule has 1 aromatic carbocycles. The van der Waals surface area contributed by atoms with E-state index in [1.54, 1.807) is 30.5 Å². The van der Waals surface area contributed by atoms with Crippen LogP contribution in [0.3, 0.4) is 0 Å². The SMILES string of the molecule is Cc1ccc(NC(=O)C2(c3ccc4c(c3)OC(F)(F)O4)CC2)nc1C1=CN(CCS(C)(=O)=O)C(O)C=C1. The van der Waals surface area contributed by atoms with Crippen LogP contribution >= 0.6 is 0 Å². The summed E-state index contributed by atoms with van der Waals surface area (Å²) in [5, 5.41) is 13.1. The van der Waals surface area contributed by atoms with Crippen molar-refractivity contribution in [3.8, 4) is 11.5 Å². The lowest BCUT2D eigenvalue weighted by molar-refractivity contribution is -0.286. The predicted octanol–water partition coefficient (Wildman–Crippen LogP) is 2.96. The number of halogens is 2. The van der Waals surface area contributed by atoms with Crippen molar-refractivity contribution in [2.45, 2.75) is 37.7 Å². The lowest BCUT2D eigenvalue weighted by Crippen LogP contribution is -2.34. The van der Waals surface area contributed by atoms with Gasteiger partial charge in [-0.3, -0.25) is 4.79 Å². The highest BCUT2D eigenvalue weighted by atomic mass is 32.2. The van der Waals surface area contributed by atoms with Crippen molar-refractivity contribution in [1.29, 1.82) is 0 Å². The van der Waals surface area contributed by atoms with E-state index in [1.807, 2.05) is 6.92 Å². The highest BCUT2D eigenvalue weighted by Crippen LogP contribution is 2.52. The number of aromatic nitrogens is 1. The van der Waals surface area contributed by atoms with Crippen LogP contribution in [-0.4, -0.2) is 60.4 Å². The van der Waals surface area contributed by atoms with E-state index < -0.39 is 27.8 Å². The summed E-state index contributed by atoms with van der Waals surface area (Å²) < 4.78 is 58.9. The van der Waals surface area contributed by atoms with Crippen molar-refractivity contribution in [1.82, 2.24) is 9.88 Å². The number of nitrogens with one attached hydrogen (secondary N) is 1. The van der Waals surface area contributed by atoms with Crippen LogP contribution in [0, 0.1) is 6.92 Å². The first-order valence-electron chi connectivity index (χ1n) is 11.6. The van der Waals surface area contributed by atoms with Gasteiger partial charge in [-0.2, -0.15) is 0 Å². The van der Waals surface area contributed by atoms with Crippen LogP contribution in [0.5, 0.6) is 11.5 Å². The van der Waals surface area contributed by atoms with Crippen LogP contribution in [0.25, 0.3) is 5.57 Å². The van der Waals surface area contributed by atoms with Crippen molar-refractivity contribution < 1.29 is 36.6 Å². The highest BCUT2D eigenvalue weighted by molar-refractivity contribution is 7.90. The Morgan fingerprint density at radius 3 is 2.65 bits per heavy atom. The summed E-state index contributed by atoms with van der Waals surface area (Å²) in [6.07, 6.45) is 2.36. The number of sulfone groups is 1. The fourth-order valence-corrected chi connectivity index (χ4v) is 4.89. The molecule has 2 aliphatic heterocycles. The predicted molar refractivity (Wildman–Crippen MR) is 131 cm³/mol. The fraction of sp³-hybridized carbons (Fsp3) is 0.360. The van der Waals surface area contributed by atoms with Gasteiger partial charge in [-0.1, -0.05) is 18.2 Å². The Bertz CT molecular complexity index is 1440. The summed E-state index contributed by atoms with van der Waals surface area (Å²) in [6.45, 7) is 1.95. The topological polar surface area (TPSA) is 118 Å². The number of carbonyl (C=O) groups is 1. The van der Waals surface area contributed by atoms with Gasteiger partial charge in [0.25, 0.3) is 0 Å². The lowest BCUT2D eigenvalue weighted by Gasteiger charge is -2.28. The number of alkyl halides is 2. The van der Waals surface area contributed by atoms with Crippen LogP contribution in [0.2, 0.25) is 0 Å². The van der Waals surface area contributed by atoms with Gasteiger partial charge in [-0.25, -0.2) is 13.4 Å². The molecule has 2 N–H and O–H groups in total. The van der Waals surface area contributed by atoms with Gasteiger partial charge < -0.3 is 24.8 Å². The summed E-state index contributed by atoms with van der Waals surface area (Å²) in [6, 6.07) is 7.81. The average Bonchev–Trinajstić information content (AvgIpc) is 3.56. The van der Waals surface area contributed by atoms with Gasteiger partial charge >= 0.3 is 6.29 Å². The minimum atomic E-state index is -3.74. The second-order valence-corrected chi connectivity index (χ2v) is 11.7. The highest BCUT2D eigenvalue weighted by Gasteiger charge is 2.53. The maximum Gasteiger partial charge on any atom is 0.586 e. The molecule has 0 saturated heterocycles. The Balaban J connectivity index is 1.35. The number of ether oxygens (including phenoxy) is 2. The molecule has 5 rings (SSSR count). The van der Waals surface area contributed by atoms with Gasteiger partial charge in [0.15, 0.2) is 11.5 Å². The molecule has 2 aromatic rings. The van der Waals surface area contributed by atoms with Crippen LogP contribution in [0.15, 0.2) is 48.7 Å². The summed E-state index contributed by atoms with van der Waals surface area (Å²) in [4.78, 5) is 19.4. The van der Waals surface area contributed by atoms with Crippen molar-refractivity contribution in [3.63, 3.8) is 0 Å². The molecule has 3 aliphatic rings. The number of amides is 1. The molecule has 1 amide bonds. The molecule has 1 aliphatic carbocycles. The van der Waals surface area contributed by atoms with E-state index in [-0.39, 0.29) is 29.7 Å². The number of aliphatic hydroxyl groups is 1. The Labute approximate surface area is 212 Å². The minimum Gasteiger partial charge on any atom is -0.395 e. The fourth-order valence-electron chi connectivity index (χ4n) is 4.35. The third kappa shape index (κ3) is 5.16. The van der Waals surface area contributed by atoms with Gasteiger partial charge in [0.2, 0.25) is 5.91 Å². The number of anilines is 1. The van der Waals surface area contributed by atoms with E-state index in [4.69, 9.17) is 0 Å². The smallest absolute Gasteiger partial charge is 0.395 e. The number of hydrogen-bond donors (Lipinski definition) is 2. The molecule has 1 saturated carbocycles. The Morgan fingerprint density at radius 2 is 1.95 bits per heavy atom. The maximum atomic E-state index is 13.4. The number of fused-ring (bicyclic) bond motifs is 1. The molecule has 1 fully saturated rings. The Kier molecular flexibility index (Phi) is 5.99. The van der Waals surface area contributed by atoms with Crippen molar-refractivity contribution in [2.24, 2.45) is 0 Å². The molecule has 1 atom stereocenters. The third-order valence-electron chi connectivity index (χ3n) is 6.56. The zero-order valence-electron chi connectivity index (χ0n) is 20.1. The molecule has 0 spiro atoms. The quantitative estimate of drug-likeness (QED) is 0.558. The van der Waals surface area contributed by atoms with E-state index in [0.29, 0.717) is 35.5 Å². The summed E-state index contributed by atoms with van der Waals surface area (Å²) in [7, 11) is -3.22. The first-order chi connectivity index (χ1) is 17.4. The second kappa shape index (κ2) is 8.80. The number of pyridine rings is 1. The molecule has 12 heteroatoms. The summed E-state index contributed by atoms with van der Waals surface area (Å²) in [5.41, 5.74) is 1.67. The van der Waals surface area contributed by atoms with Crippen molar-refractivity contribution in [3.05, 3.63) is 65.5 Å². The Morgan fingerprint density at radius 1 is 1.22 bits per heavy atom. The second-order valence-electron chi connectivity index (χ2n) is 9.45. The normalized spacial score (nSPS) is 20.9. The van der Waals surface area contributed by atoms with Gasteiger partial charge in [-0.15, -0.1) is 8.78 Å². The standard InChI is InChI=1S/C25H25F2N3O6S/c1-15-3-7-20(28-22(15)16-4-8-21(31)30(14-16)11-12-37(2,33)34)29-23(32)24(9-10-24)17-5-6-18-19(13-17)36-25(26,27)35-18/h3-8,13-14,21,31H,9-12H2,1-2H3,(H,28,29,32). The number of benzene rings is 1. The molecule has 3 heterocycles. The van der Waals surface area contributed by atoms with Crippen molar-refractivity contribution in [2.75, 3.05) is 23.9 Å². The summed E-state index contributed by atoms with van der Waals surface area (Å²) in [5.74, 6) is -0.342. The molecule has 0 radical (unpaired) electrons. The van der Waals surface area contributed by atoms with Gasteiger partial charge in [0.1, 0.15) is 21.9 Å². The third-order valence-corrected chi connectivity index (χ3v) is 7.49. The monoisotopic (exact) mass is 533 g/mol. The molecule has 0 bridgehead atoms. The van der Waals surface area contributed by atoms with E-state index in [9.17, 15) is 27.1 Å². The van der Waals surface area contributed by atoms with Gasteiger partial charge in [-0.05, 0) is 55.2 Å². The minimum absolute atomic E-state index is 0.0840. The average molecular weight is 534 g/mol. The van der Waals surface area contributed by atoms with Crippen LogP contribution in [-0.2, 0) is 20.0 Å². The molecule has 1 aromatic heterocycles. The van der Waals surface area contributed by atoms with E-state index in [0.717, 1.165) is 11.8 Å². The number of hydrogen-bond acceptors (Lipinski definition) is 8. The number of aryl methyl sites for hydroxylation is 1. The zero-order valence-corrected chi connectivity index (χ0v) is 20.9. The summed E-state index contributed by atoms with van der Waals surface area (Å²) >= 11 is 0. The number of rotatable bonds is 7. The molecule has 196 valence electrons. The molecular weight excluding hydrogens is 508 g/mol. The van der Waals surface area contributed by atoms with Crippen LogP contribution < -0.4 is 14.8 Å². The largest absolute Gasteiger partial charge is 0.586 e. The first kappa shape index (κ1) is 25.2. The number of carbonyl (C=O) groups excluding carboxylic acids is 1. The number of nitrogens with zero attached hydrogens (tertiary/aromatic N) is 2. The van der Waals surface area contributed by atoms with E-state index in [1.165, 1.54) is 23.1 Å². The zero-order chi connectivity index (χ0) is 26.6. The lowest BCUT2D eigenvalue weighted by atomic mass is 9.94. The van der Waals surface area contributed by atoms with Gasteiger partial charge in [0, 0.05) is 24.6 Å². The van der Waals surface area contributed by atoms with Crippen LogP contribution in [0.4, 0.5) is 14.6 Å². The molecular formula is C25H25F2N3O6S. The van der Waals surface area contributed by atoms with Gasteiger partial charge in [0.05, 0.1) is 16.9 Å². The van der Waals surface area contributed by atoms with Crippen molar-refractivity contribution >= 4 is 27.1 Å². The number of allylic oxidation sites excluding steroid dienone is 2. The van der Waals surface area contributed by atoms with E-state index >= 15 is 0 Å². The number of aliphatic hydroxyl groups excluding tert-OH is 1. The first-order valence-corrected chi connectivity index (χ1v) is 13.6. The molecule has 9 nitrogen and oxygen atoms in total. The molecule has 1 unspecified atom stereocenters. The Hall–Kier alpha value is -3.51. The molecule has 37 heavy (non-hydrogen) atoms.